The Kier molecular flexibility index (Phi) is 5.07. The molecule has 0 aliphatic heterocycles. The third-order valence-electron chi connectivity index (χ3n) is 1.61. The first kappa shape index (κ1) is 13.4. The molecule has 0 saturated carbocycles. The van der Waals surface area contributed by atoms with Gasteiger partial charge in [-0.15, -0.1) is 0 Å². The summed E-state index contributed by atoms with van der Waals surface area (Å²) in [4.78, 5) is 10.7. The molecule has 0 bridgehead atoms. The Hall–Kier alpha value is -0.620. The monoisotopic (exact) mass is 223 g/mol. The number of hydrogen-bond donors (Lipinski definition) is 2. The van der Waals surface area contributed by atoms with Crippen LogP contribution >= 0.6 is 0 Å². The van der Waals surface area contributed by atoms with Crippen LogP contribution in [-0.4, -0.2) is 43.6 Å². The molecule has 5 nitrogen and oxygen atoms in total. The zero-order chi connectivity index (χ0) is 11.4. The summed E-state index contributed by atoms with van der Waals surface area (Å²) in [5.74, 6) is -1.12. The van der Waals surface area contributed by atoms with Crippen molar-refractivity contribution in [3.8, 4) is 0 Å². The predicted molar refractivity (Wildman–Crippen MR) is 54.0 cm³/mol. The van der Waals surface area contributed by atoms with Gasteiger partial charge in [0.2, 0.25) is 0 Å². The summed E-state index contributed by atoms with van der Waals surface area (Å²) < 4.78 is 21.6. The first-order chi connectivity index (χ1) is 6.22. The fourth-order valence-corrected chi connectivity index (χ4v) is 1.68. The molecule has 0 aliphatic rings. The number of sulfone groups is 1. The van der Waals surface area contributed by atoms with E-state index in [4.69, 9.17) is 5.11 Å². The smallest absolute Gasteiger partial charge is 0.320 e. The quantitative estimate of drug-likeness (QED) is 0.655. The molecule has 0 aromatic carbocycles. The average molecular weight is 223 g/mol. The molecule has 0 spiro atoms. The van der Waals surface area contributed by atoms with Gasteiger partial charge in [0.05, 0.1) is 5.75 Å². The van der Waals surface area contributed by atoms with Crippen LogP contribution in [0.1, 0.15) is 20.3 Å². The lowest BCUT2D eigenvalue weighted by molar-refractivity contribution is -0.139. The zero-order valence-corrected chi connectivity index (χ0v) is 9.47. The van der Waals surface area contributed by atoms with Gasteiger partial charge < -0.3 is 10.4 Å². The minimum Gasteiger partial charge on any atom is -0.480 e. The van der Waals surface area contributed by atoms with E-state index in [1.54, 1.807) is 0 Å². The van der Waals surface area contributed by atoms with Gasteiger partial charge in [0.1, 0.15) is 15.9 Å². The fourth-order valence-electron chi connectivity index (χ4n) is 1.01. The van der Waals surface area contributed by atoms with Crippen LogP contribution in [0.25, 0.3) is 0 Å². The molecule has 0 radical (unpaired) electrons. The third-order valence-corrected chi connectivity index (χ3v) is 2.59. The standard InChI is InChI=1S/C8H17NO4S/c1-6(2)9-7(8(10)11)4-5-14(3,12)13/h6-7,9H,4-5H2,1-3H3,(H,10,11)/t7-/m0/s1. The number of aliphatic carboxylic acids is 1. The van der Waals surface area contributed by atoms with Crippen molar-refractivity contribution in [2.45, 2.75) is 32.4 Å². The lowest BCUT2D eigenvalue weighted by Crippen LogP contribution is -2.41. The van der Waals surface area contributed by atoms with E-state index < -0.39 is 21.8 Å². The molecule has 0 rings (SSSR count). The van der Waals surface area contributed by atoms with Gasteiger partial charge in [-0.3, -0.25) is 4.79 Å². The molecule has 0 aliphatic carbocycles. The molecule has 0 amide bonds. The van der Waals surface area contributed by atoms with Crippen molar-refractivity contribution in [3.63, 3.8) is 0 Å². The summed E-state index contributed by atoms with van der Waals surface area (Å²) in [6.45, 7) is 3.63. The van der Waals surface area contributed by atoms with Crippen molar-refractivity contribution in [2.24, 2.45) is 0 Å². The van der Waals surface area contributed by atoms with E-state index in [-0.39, 0.29) is 18.2 Å². The van der Waals surface area contributed by atoms with E-state index in [2.05, 4.69) is 5.32 Å². The van der Waals surface area contributed by atoms with Gasteiger partial charge in [-0.2, -0.15) is 0 Å². The van der Waals surface area contributed by atoms with E-state index >= 15 is 0 Å². The SMILES string of the molecule is CC(C)N[C@@H](CCS(C)(=O)=O)C(=O)O. The van der Waals surface area contributed by atoms with Crippen molar-refractivity contribution in [1.82, 2.24) is 5.32 Å². The van der Waals surface area contributed by atoms with Gasteiger partial charge in [0.25, 0.3) is 0 Å². The first-order valence-electron chi connectivity index (χ1n) is 4.39. The molecule has 0 aromatic heterocycles. The zero-order valence-electron chi connectivity index (χ0n) is 8.65. The van der Waals surface area contributed by atoms with Crippen LogP contribution in [0.15, 0.2) is 0 Å². The van der Waals surface area contributed by atoms with Crippen LogP contribution < -0.4 is 5.32 Å². The fraction of sp³-hybridized carbons (Fsp3) is 0.875. The Morgan fingerprint density at radius 2 is 1.93 bits per heavy atom. The van der Waals surface area contributed by atoms with Gasteiger partial charge in [0.15, 0.2) is 0 Å². The van der Waals surface area contributed by atoms with Crippen LogP contribution in [0.4, 0.5) is 0 Å². The second kappa shape index (κ2) is 5.31. The van der Waals surface area contributed by atoms with Gasteiger partial charge in [-0.1, -0.05) is 13.8 Å². The highest BCUT2D eigenvalue weighted by atomic mass is 32.2. The Labute approximate surface area is 84.4 Å². The summed E-state index contributed by atoms with van der Waals surface area (Å²) in [7, 11) is -3.09. The second-order valence-electron chi connectivity index (χ2n) is 3.63. The molecule has 2 N–H and O–H groups in total. The molecular weight excluding hydrogens is 206 g/mol. The highest BCUT2D eigenvalue weighted by molar-refractivity contribution is 7.90. The summed E-state index contributed by atoms with van der Waals surface area (Å²) in [5, 5.41) is 11.5. The molecule has 0 fully saturated rings. The van der Waals surface area contributed by atoms with Crippen LogP contribution in [0.2, 0.25) is 0 Å². The molecule has 1 atom stereocenters. The van der Waals surface area contributed by atoms with Crippen LogP contribution in [-0.2, 0) is 14.6 Å². The van der Waals surface area contributed by atoms with Gasteiger partial charge in [-0.25, -0.2) is 8.42 Å². The number of nitrogens with one attached hydrogen (secondary N) is 1. The van der Waals surface area contributed by atoms with Crippen molar-refractivity contribution in [1.29, 1.82) is 0 Å². The molecule has 0 heterocycles. The van der Waals surface area contributed by atoms with Gasteiger partial charge in [-0.05, 0) is 6.42 Å². The number of rotatable bonds is 6. The second-order valence-corrected chi connectivity index (χ2v) is 5.89. The summed E-state index contributed by atoms with van der Waals surface area (Å²) in [6, 6.07) is -0.764. The highest BCUT2D eigenvalue weighted by Gasteiger charge is 2.19. The third kappa shape index (κ3) is 6.85. The Balaban J connectivity index is 4.18. The molecular formula is C8H17NO4S. The van der Waals surface area contributed by atoms with Crippen molar-refractivity contribution < 1.29 is 18.3 Å². The molecule has 0 unspecified atom stereocenters. The van der Waals surface area contributed by atoms with Crippen LogP contribution in [0.5, 0.6) is 0 Å². The van der Waals surface area contributed by atoms with E-state index in [1.165, 1.54) is 0 Å². The Bertz CT molecular complexity index is 284. The highest BCUT2D eigenvalue weighted by Crippen LogP contribution is 1.98. The van der Waals surface area contributed by atoms with Crippen LogP contribution in [0.3, 0.4) is 0 Å². The largest absolute Gasteiger partial charge is 0.480 e. The normalized spacial score (nSPS) is 14.3. The van der Waals surface area contributed by atoms with E-state index in [0.717, 1.165) is 6.26 Å². The molecule has 6 heteroatoms. The maximum Gasteiger partial charge on any atom is 0.320 e. The molecule has 0 saturated heterocycles. The number of carbonyl (C=O) groups is 1. The van der Waals surface area contributed by atoms with E-state index in [1.807, 2.05) is 13.8 Å². The van der Waals surface area contributed by atoms with Crippen molar-refractivity contribution >= 4 is 15.8 Å². The van der Waals surface area contributed by atoms with Gasteiger partial charge in [0, 0.05) is 12.3 Å². The van der Waals surface area contributed by atoms with E-state index in [0.29, 0.717) is 0 Å². The lowest BCUT2D eigenvalue weighted by Gasteiger charge is -2.16. The van der Waals surface area contributed by atoms with Crippen molar-refractivity contribution in [3.05, 3.63) is 0 Å². The van der Waals surface area contributed by atoms with Crippen LogP contribution in [0, 0.1) is 0 Å². The summed E-state index contributed by atoms with van der Waals surface area (Å²) in [6.07, 6.45) is 1.20. The Morgan fingerprint density at radius 3 is 2.21 bits per heavy atom. The number of carboxylic acids is 1. The number of hydrogen-bond acceptors (Lipinski definition) is 4. The summed E-state index contributed by atoms with van der Waals surface area (Å²) in [5.41, 5.74) is 0. The minimum atomic E-state index is -3.09. The molecule has 0 aromatic rings. The molecule has 84 valence electrons. The lowest BCUT2D eigenvalue weighted by atomic mass is 10.2. The predicted octanol–water partition coefficient (Wildman–Crippen LogP) is -0.128. The first-order valence-corrected chi connectivity index (χ1v) is 6.45. The minimum absolute atomic E-state index is 0.0238. The summed E-state index contributed by atoms with van der Waals surface area (Å²) >= 11 is 0. The topological polar surface area (TPSA) is 83.5 Å². The number of carboxylic acid groups (broad SMARTS) is 1. The average Bonchev–Trinajstić information content (AvgIpc) is 1.94. The van der Waals surface area contributed by atoms with Gasteiger partial charge >= 0.3 is 5.97 Å². The molecule has 14 heavy (non-hydrogen) atoms. The maximum atomic E-state index is 10.8. The van der Waals surface area contributed by atoms with Crippen molar-refractivity contribution in [2.75, 3.05) is 12.0 Å². The van der Waals surface area contributed by atoms with E-state index in [9.17, 15) is 13.2 Å². The Morgan fingerprint density at radius 1 is 1.43 bits per heavy atom. The maximum absolute atomic E-state index is 10.8.